The lowest BCUT2D eigenvalue weighted by atomic mass is 10.2. The summed E-state index contributed by atoms with van der Waals surface area (Å²) in [5, 5.41) is 0. The molecule has 1 aromatic carbocycles. The Labute approximate surface area is 110 Å². The second kappa shape index (κ2) is 5.00. The number of cyclic esters (lactones) is 1. The second-order valence-corrected chi connectivity index (χ2v) is 6.16. The van der Waals surface area contributed by atoms with Crippen LogP contribution in [0.25, 0.3) is 0 Å². The molecule has 1 heterocycles. The number of carbonyl (C=O) groups excluding carboxylic acids is 2. The monoisotopic (exact) mass is 284 g/mol. The van der Waals surface area contributed by atoms with Gasteiger partial charge >= 0.3 is 11.9 Å². The highest BCUT2D eigenvalue weighted by atomic mass is 32.2. The highest BCUT2D eigenvalue weighted by Gasteiger charge is 2.30. The number of ether oxygens (including phenoxy) is 2. The summed E-state index contributed by atoms with van der Waals surface area (Å²) in [4.78, 5) is 23.0. The molecule has 0 spiro atoms. The summed E-state index contributed by atoms with van der Waals surface area (Å²) in [5.74, 6) is -1.23. The molecule has 0 aliphatic carbocycles. The van der Waals surface area contributed by atoms with Gasteiger partial charge in [0.25, 0.3) is 0 Å². The summed E-state index contributed by atoms with van der Waals surface area (Å²) in [6.07, 6.45) is 0.544. The maximum absolute atomic E-state index is 11.7. The summed E-state index contributed by atoms with van der Waals surface area (Å²) in [6, 6.07) is 5.33. The quantitative estimate of drug-likeness (QED) is 0.754. The molecule has 0 radical (unpaired) electrons. The third-order valence-corrected chi connectivity index (χ3v) is 3.78. The second-order valence-electron chi connectivity index (χ2n) is 4.15. The number of benzene rings is 1. The summed E-state index contributed by atoms with van der Waals surface area (Å²) < 4.78 is 32.2. The lowest BCUT2D eigenvalue weighted by molar-refractivity contribution is -0.145. The van der Waals surface area contributed by atoms with Crippen molar-refractivity contribution in [3.8, 4) is 0 Å². The van der Waals surface area contributed by atoms with Crippen LogP contribution in [0.4, 0.5) is 0 Å². The van der Waals surface area contributed by atoms with E-state index in [0.717, 1.165) is 6.26 Å². The molecular formula is C12H12O6S. The molecule has 102 valence electrons. The van der Waals surface area contributed by atoms with Crippen molar-refractivity contribution < 1.29 is 27.5 Å². The van der Waals surface area contributed by atoms with E-state index in [9.17, 15) is 18.0 Å². The van der Waals surface area contributed by atoms with Gasteiger partial charge in [-0.25, -0.2) is 18.0 Å². The Morgan fingerprint density at radius 2 is 1.95 bits per heavy atom. The normalized spacial score (nSPS) is 19.0. The Balaban J connectivity index is 2.10. The molecule has 1 saturated heterocycles. The van der Waals surface area contributed by atoms with Crippen LogP contribution in [-0.4, -0.2) is 39.3 Å². The predicted molar refractivity (Wildman–Crippen MR) is 64.3 cm³/mol. The molecular weight excluding hydrogens is 272 g/mol. The molecule has 0 bridgehead atoms. The molecule has 0 unspecified atom stereocenters. The van der Waals surface area contributed by atoms with Crippen LogP contribution in [0.2, 0.25) is 0 Å². The van der Waals surface area contributed by atoms with Crippen molar-refractivity contribution in [1.82, 2.24) is 0 Å². The molecule has 1 aromatic rings. The van der Waals surface area contributed by atoms with Gasteiger partial charge in [-0.15, -0.1) is 0 Å². The van der Waals surface area contributed by atoms with Crippen molar-refractivity contribution in [2.75, 3.05) is 12.9 Å². The summed E-state index contributed by atoms with van der Waals surface area (Å²) in [6.45, 7) is 0.240. The summed E-state index contributed by atoms with van der Waals surface area (Å²) in [7, 11) is -3.30. The van der Waals surface area contributed by atoms with Gasteiger partial charge in [-0.05, 0) is 24.3 Å². The summed E-state index contributed by atoms with van der Waals surface area (Å²) >= 11 is 0. The molecule has 6 nitrogen and oxygen atoms in total. The van der Waals surface area contributed by atoms with E-state index in [2.05, 4.69) is 4.74 Å². The van der Waals surface area contributed by atoms with Gasteiger partial charge in [-0.2, -0.15) is 0 Å². The molecule has 19 heavy (non-hydrogen) atoms. The Hall–Kier alpha value is -1.89. The highest BCUT2D eigenvalue weighted by molar-refractivity contribution is 7.90. The van der Waals surface area contributed by atoms with Crippen LogP contribution in [0.15, 0.2) is 29.2 Å². The van der Waals surface area contributed by atoms with Gasteiger partial charge in [-0.3, -0.25) is 0 Å². The Bertz CT molecular complexity index is 602. The first-order valence-corrected chi connectivity index (χ1v) is 7.45. The Kier molecular flexibility index (Phi) is 3.57. The van der Waals surface area contributed by atoms with Gasteiger partial charge in [0.05, 0.1) is 17.1 Å². The minimum absolute atomic E-state index is 0.115. The van der Waals surface area contributed by atoms with Crippen LogP contribution in [0, 0.1) is 0 Å². The minimum atomic E-state index is -3.30. The maximum Gasteiger partial charge on any atom is 0.347 e. The fraction of sp³-hybridized carbons (Fsp3) is 0.333. The number of hydrogen-bond acceptors (Lipinski definition) is 6. The SMILES string of the molecule is CS(=O)(=O)c1ccc(C(=O)O[C@H]2CCOC2=O)cc1. The molecule has 1 aliphatic rings. The van der Waals surface area contributed by atoms with Gasteiger partial charge in [0.15, 0.2) is 9.84 Å². The van der Waals surface area contributed by atoms with Crippen molar-refractivity contribution in [3.05, 3.63) is 29.8 Å². The Morgan fingerprint density at radius 1 is 1.32 bits per heavy atom. The van der Waals surface area contributed by atoms with Crippen LogP contribution >= 0.6 is 0 Å². The van der Waals surface area contributed by atoms with E-state index >= 15 is 0 Å². The van der Waals surface area contributed by atoms with Gasteiger partial charge in [-0.1, -0.05) is 0 Å². The Morgan fingerprint density at radius 3 is 2.42 bits per heavy atom. The first kappa shape index (κ1) is 13.5. The fourth-order valence-electron chi connectivity index (χ4n) is 1.62. The summed E-state index contributed by atoms with van der Waals surface area (Å²) in [5.41, 5.74) is 0.187. The highest BCUT2D eigenvalue weighted by Crippen LogP contribution is 2.15. The third-order valence-electron chi connectivity index (χ3n) is 2.65. The molecule has 7 heteroatoms. The number of carbonyl (C=O) groups is 2. The maximum atomic E-state index is 11.7. The van der Waals surface area contributed by atoms with E-state index in [4.69, 9.17) is 4.74 Å². The number of rotatable bonds is 3. The van der Waals surface area contributed by atoms with Gasteiger partial charge < -0.3 is 9.47 Å². The zero-order valence-electron chi connectivity index (χ0n) is 10.2. The first-order valence-electron chi connectivity index (χ1n) is 5.55. The lowest BCUT2D eigenvalue weighted by Gasteiger charge is -2.08. The predicted octanol–water partition coefficient (Wildman–Crippen LogP) is 0.562. The van der Waals surface area contributed by atoms with Crippen molar-refractivity contribution in [2.45, 2.75) is 17.4 Å². The van der Waals surface area contributed by atoms with E-state index in [0.29, 0.717) is 6.42 Å². The lowest BCUT2D eigenvalue weighted by Crippen LogP contribution is -2.22. The molecule has 0 aromatic heterocycles. The van der Waals surface area contributed by atoms with Crippen LogP contribution in [0.5, 0.6) is 0 Å². The number of sulfone groups is 1. The largest absolute Gasteiger partial charge is 0.463 e. The molecule has 0 N–H and O–H groups in total. The average molecular weight is 284 g/mol. The number of esters is 2. The molecule has 0 amide bonds. The molecule has 1 aliphatic heterocycles. The smallest absolute Gasteiger partial charge is 0.347 e. The molecule has 0 saturated carbocycles. The van der Waals surface area contributed by atoms with E-state index in [-0.39, 0.29) is 17.1 Å². The minimum Gasteiger partial charge on any atom is -0.463 e. The fourth-order valence-corrected chi connectivity index (χ4v) is 2.25. The molecule has 1 fully saturated rings. The van der Waals surface area contributed by atoms with Gasteiger partial charge in [0.2, 0.25) is 6.10 Å². The van der Waals surface area contributed by atoms with Crippen molar-refractivity contribution in [3.63, 3.8) is 0 Å². The first-order chi connectivity index (χ1) is 8.88. The van der Waals surface area contributed by atoms with E-state index in [1.54, 1.807) is 0 Å². The standard InChI is InChI=1S/C12H12O6S/c1-19(15,16)9-4-2-8(3-5-9)11(13)18-10-6-7-17-12(10)14/h2-5,10H,6-7H2,1H3/t10-/m0/s1. The van der Waals surface area contributed by atoms with Crippen LogP contribution in [0.3, 0.4) is 0 Å². The van der Waals surface area contributed by atoms with Crippen molar-refractivity contribution >= 4 is 21.8 Å². The van der Waals surface area contributed by atoms with Gasteiger partial charge in [0.1, 0.15) is 0 Å². The zero-order valence-corrected chi connectivity index (χ0v) is 11.0. The van der Waals surface area contributed by atoms with Crippen LogP contribution in [-0.2, 0) is 24.1 Å². The topological polar surface area (TPSA) is 86.7 Å². The van der Waals surface area contributed by atoms with E-state index in [1.807, 2.05) is 0 Å². The molecule has 2 rings (SSSR count). The zero-order chi connectivity index (χ0) is 14.0. The van der Waals surface area contributed by atoms with Crippen LogP contribution < -0.4 is 0 Å². The number of hydrogen-bond donors (Lipinski definition) is 0. The van der Waals surface area contributed by atoms with Crippen molar-refractivity contribution in [2.24, 2.45) is 0 Å². The van der Waals surface area contributed by atoms with E-state index in [1.165, 1.54) is 24.3 Å². The van der Waals surface area contributed by atoms with Gasteiger partial charge in [0, 0.05) is 12.7 Å². The molecule has 1 atom stereocenters. The van der Waals surface area contributed by atoms with E-state index < -0.39 is 27.9 Å². The van der Waals surface area contributed by atoms with Crippen molar-refractivity contribution in [1.29, 1.82) is 0 Å². The average Bonchev–Trinajstić information content (AvgIpc) is 2.74. The van der Waals surface area contributed by atoms with Crippen LogP contribution in [0.1, 0.15) is 16.8 Å². The third kappa shape index (κ3) is 3.11.